The maximum atomic E-state index is 11.5. The molecule has 0 unspecified atom stereocenters. The van der Waals surface area contributed by atoms with E-state index < -0.39 is 5.97 Å². The SMILES string of the molecule is CC(=O)O.CCCN(CCC)CCc1cccc2c1CC(=O)N2. The molecule has 0 radical (unpaired) electrons. The lowest BCUT2D eigenvalue weighted by Crippen LogP contribution is -2.28. The van der Waals surface area contributed by atoms with Crippen molar-refractivity contribution in [1.29, 1.82) is 0 Å². The molecular weight excluding hydrogens is 292 g/mol. The normalized spacial score (nSPS) is 12.4. The van der Waals surface area contributed by atoms with Gasteiger partial charge in [0.15, 0.2) is 0 Å². The summed E-state index contributed by atoms with van der Waals surface area (Å²) < 4.78 is 0. The minimum Gasteiger partial charge on any atom is -0.481 e. The molecule has 2 N–H and O–H groups in total. The van der Waals surface area contributed by atoms with E-state index in [2.05, 4.69) is 30.1 Å². The van der Waals surface area contributed by atoms with Crippen molar-refractivity contribution in [2.45, 2.75) is 46.5 Å². The highest BCUT2D eigenvalue weighted by atomic mass is 16.4. The van der Waals surface area contributed by atoms with Crippen molar-refractivity contribution >= 4 is 17.6 Å². The Kier molecular flexibility index (Phi) is 8.33. The summed E-state index contributed by atoms with van der Waals surface area (Å²) in [5, 5.41) is 10.3. The van der Waals surface area contributed by atoms with Gasteiger partial charge in [-0.05, 0) is 49.5 Å². The number of amides is 1. The third-order valence-corrected chi connectivity index (χ3v) is 3.66. The van der Waals surface area contributed by atoms with E-state index in [-0.39, 0.29) is 5.91 Å². The first-order valence-electron chi connectivity index (χ1n) is 8.30. The number of hydrogen-bond donors (Lipinski definition) is 2. The van der Waals surface area contributed by atoms with E-state index in [1.165, 1.54) is 37.1 Å². The fourth-order valence-corrected chi connectivity index (χ4v) is 2.80. The molecule has 0 bridgehead atoms. The first-order valence-corrected chi connectivity index (χ1v) is 8.30. The number of rotatable bonds is 7. The molecule has 0 aromatic heterocycles. The molecule has 0 spiro atoms. The van der Waals surface area contributed by atoms with Gasteiger partial charge < -0.3 is 15.3 Å². The number of nitrogens with zero attached hydrogens (tertiary/aromatic N) is 1. The average Bonchev–Trinajstić information content (AvgIpc) is 2.85. The number of carboxylic acid groups (broad SMARTS) is 1. The first kappa shape index (κ1) is 19.2. The number of benzene rings is 1. The standard InChI is InChI=1S/C16H24N2O.C2H4O2/c1-3-9-18(10-4-2)11-8-13-6-5-7-15-14(13)12-16(19)17-15;1-2(3)4/h5-7H,3-4,8-12H2,1-2H3,(H,17,19);1H3,(H,3,4). The number of anilines is 1. The molecule has 5 heteroatoms. The number of hydrogen-bond acceptors (Lipinski definition) is 3. The molecule has 0 fully saturated rings. The van der Waals surface area contributed by atoms with Crippen LogP contribution in [0.2, 0.25) is 0 Å². The van der Waals surface area contributed by atoms with Gasteiger partial charge in [-0.1, -0.05) is 26.0 Å². The van der Waals surface area contributed by atoms with Crippen LogP contribution >= 0.6 is 0 Å². The highest BCUT2D eigenvalue weighted by molar-refractivity contribution is 5.99. The van der Waals surface area contributed by atoms with Crippen LogP contribution in [0.4, 0.5) is 5.69 Å². The predicted octanol–water partition coefficient (Wildman–Crippen LogP) is 2.94. The minimum absolute atomic E-state index is 0.126. The number of carboxylic acids is 1. The summed E-state index contributed by atoms with van der Waals surface area (Å²) in [6.07, 6.45) is 3.99. The molecule has 0 saturated heterocycles. The van der Waals surface area contributed by atoms with Crippen molar-refractivity contribution < 1.29 is 14.7 Å². The van der Waals surface area contributed by atoms with E-state index in [1.807, 2.05) is 12.1 Å². The van der Waals surface area contributed by atoms with Crippen molar-refractivity contribution in [3.8, 4) is 0 Å². The molecule has 1 aliphatic heterocycles. The van der Waals surface area contributed by atoms with E-state index in [9.17, 15) is 4.79 Å². The number of nitrogens with one attached hydrogen (secondary N) is 1. The van der Waals surface area contributed by atoms with Crippen molar-refractivity contribution in [2.75, 3.05) is 25.0 Å². The second-order valence-corrected chi connectivity index (χ2v) is 5.78. The van der Waals surface area contributed by atoms with E-state index in [0.29, 0.717) is 6.42 Å². The second kappa shape index (κ2) is 10.0. The van der Waals surface area contributed by atoms with Gasteiger partial charge in [0.1, 0.15) is 0 Å². The van der Waals surface area contributed by atoms with Gasteiger partial charge in [-0.15, -0.1) is 0 Å². The fourth-order valence-electron chi connectivity index (χ4n) is 2.80. The van der Waals surface area contributed by atoms with Crippen LogP contribution in [0.1, 0.15) is 44.7 Å². The largest absolute Gasteiger partial charge is 0.481 e. The summed E-state index contributed by atoms with van der Waals surface area (Å²) in [4.78, 5) is 23.0. The predicted molar refractivity (Wildman–Crippen MR) is 92.8 cm³/mol. The third kappa shape index (κ3) is 6.82. The van der Waals surface area contributed by atoms with Crippen molar-refractivity contribution in [1.82, 2.24) is 4.90 Å². The van der Waals surface area contributed by atoms with Crippen LogP contribution in [-0.2, 0) is 22.4 Å². The molecular formula is C18H28N2O3. The first-order chi connectivity index (χ1) is 11.0. The van der Waals surface area contributed by atoms with Crippen molar-refractivity contribution in [3.63, 3.8) is 0 Å². The van der Waals surface area contributed by atoms with Gasteiger partial charge in [0.05, 0.1) is 6.42 Å². The molecule has 2 rings (SSSR count). The maximum Gasteiger partial charge on any atom is 0.300 e. The Morgan fingerprint density at radius 1 is 1.22 bits per heavy atom. The van der Waals surface area contributed by atoms with Crippen LogP contribution in [0.3, 0.4) is 0 Å². The average molecular weight is 320 g/mol. The Labute approximate surface area is 138 Å². The molecule has 0 saturated carbocycles. The molecule has 128 valence electrons. The summed E-state index contributed by atoms with van der Waals surface area (Å²) in [5.41, 5.74) is 3.55. The topological polar surface area (TPSA) is 69.6 Å². The Bertz CT molecular complexity index is 519. The van der Waals surface area contributed by atoms with Gasteiger partial charge in [-0.3, -0.25) is 9.59 Å². The van der Waals surface area contributed by atoms with E-state index in [0.717, 1.165) is 25.6 Å². The zero-order valence-corrected chi connectivity index (χ0v) is 14.4. The van der Waals surface area contributed by atoms with Gasteiger partial charge in [-0.2, -0.15) is 0 Å². The van der Waals surface area contributed by atoms with Gasteiger partial charge >= 0.3 is 0 Å². The van der Waals surface area contributed by atoms with Gasteiger partial charge in [-0.25, -0.2) is 0 Å². The fraction of sp³-hybridized carbons (Fsp3) is 0.556. The molecule has 1 aromatic carbocycles. The third-order valence-electron chi connectivity index (χ3n) is 3.66. The quantitative estimate of drug-likeness (QED) is 0.810. The molecule has 1 heterocycles. The lowest BCUT2D eigenvalue weighted by atomic mass is 10.0. The lowest BCUT2D eigenvalue weighted by Gasteiger charge is -2.21. The van der Waals surface area contributed by atoms with Crippen LogP contribution in [0, 0.1) is 0 Å². The highest BCUT2D eigenvalue weighted by Crippen LogP contribution is 2.26. The monoisotopic (exact) mass is 320 g/mol. The Balaban J connectivity index is 0.000000593. The number of carbonyl (C=O) groups excluding carboxylic acids is 1. The molecule has 0 atom stereocenters. The molecule has 1 amide bonds. The summed E-state index contributed by atoms with van der Waals surface area (Å²) in [5.74, 6) is -0.707. The van der Waals surface area contributed by atoms with Gasteiger partial charge in [0.2, 0.25) is 5.91 Å². The summed E-state index contributed by atoms with van der Waals surface area (Å²) in [6.45, 7) is 8.96. The lowest BCUT2D eigenvalue weighted by molar-refractivity contribution is -0.134. The highest BCUT2D eigenvalue weighted by Gasteiger charge is 2.20. The Morgan fingerprint density at radius 3 is 2.39 bits per heavy atom. The van der Waals surface area contributed by atoms with Gasteiger partial charge in [0, 0.05) is 19.2 Å². The van der Waals surface area contributed by atoms with Crippen LogP contribution in [-0.4, -0.2) is 41.5 Å². The van der Waals surface area contributed by atoms with Crippen molar-refractivity contribution in [3.05, 3.63) is 29.3 Å². The smallest absolute Gasteiger partial charge is 0.300 e. The summed E-state index contributed by atoms with van der Waals surface area (Å²) in [7, 11) is 0. The summed E-state index contributed by atoms with van der Waals surface area (Å²) in [6, 6.07) is 6.21. The van der Waals surface area contributed by atoms with Crippen LogP contribution < -0.4 is 5.32 Å². The van der Waals surface area contributed by atoms with Gasteiger partial charge in [0.25, 0.3) is 5.97 Å². The number of carbonyl (C=O) groups is 2. The van der Waals surface area contributed by atoms with Crippen molar-refractivity contribution in [2.24, 2.45) is 0 Å². The Hall–Kier alpha value is -1.88. The minimum atomic E-state index is -0.833. The molecule has 0 aliphatic carbocycles. The second-order valence-electron chi connectivity index (χ2n) is 5.78. The zero-order chi connectivity index (χ0) is 17.2. The van der Waals surface area contributed by atoms with Crippen LogP contribution in [0.15, 0.2) is 18.2 Å². The molecule has 5 nitrogen and oxygen atoms in total. The van der Waals surface area contributed by atoms with E-state index >= 15 is 0 Å². The molecule has 1 aromatic rings. The zero-order valence-electron chi connectivity index (χ0n) is 14.4. The maximum absolute atomic E-state index is 11.5. The van der Waals surface area contributed by atoms with E-state index in [4.69, 9.17) is 9.90 Å². The van der Waals surface area contributed by atoms with E-state index in [1.54, 1.807) is 0 Å². The van der Waals surface area contributed by atoms with Crippen LogP contribution in [0.25, 0.3) is 0 Å². The molecule has 1 aliphatic rings. The van der Waals surface area contributed by atoms with Crippen LogP contribution in [0.5, 0.6) is 0 Å². The number of aliphatic carboxylic acids is 1. The summed E-state index contributed by atoms with van der Waals surface area (Å²) >= 11 is 0. The molecule has 23 heavy (non-hydrogen) atoms. The Morgan fingerprint density at radius 2 is 1.83 bits per heavy atom. The number of fused-ring (bicyclic) bond motifs is 1.